The molecule has 1 aliphatic heterocycles. The van der Waals surface area contributed by atoms with E-state index in [4.69, 9.17) is 0 Å². The minimum atomic E-state index is -0.251. The summed E-state index contributed by atoms with van der Waals surface area (Å²) < 4.78 is 0. The molecule has 0 spiro atoms. The van der Waals surface area contributed by atoms with Crippen molar-refractivity contribution in [1.29, 1.82) is 0 Å². The van der Waals surface area contributed by atoms with Crippen LogP contribution in [0.5, 0.6) is 0 Å². The van der Waals surface area contributed by atoms with Gasteiger partial charge in [-0.15, -0.1) is 0 Å². The van der Waals surface area contributed by atoms with Crippen LogP contribution >= 0.6 is 0 Å². The fraction of sp³-hybridized carbons (Fsp3) is 0.600. The molecule has 1 aliphatic rings. The van der Waals surface area contributed by atoms with Crippen molar-refractivity contribution in [2.45, 2.75) is 26.9 Å². The second-order valence-electron chi connectivity index (χ2n) is 3.60. The van der Waals surface area contributed by atoms with Crippen molar-refractivity contribution in [3.05, 3.63) is 21.7 Å². The van der Waals surface area contributed by atoms with Crippen molar-refractivity contribution in [1.82, 2.24) is 15.3 Å². The lowest BCUT2D eigenvalue weighted by Crippen LogP contribution is -2.28. The predicted octanol–water partition coefficient (Wildman–Crippen LogP) is 0.219. The van der Waals surface area contributed by atoms with Gasteiger partial charge in [-0.05, 0) is 13.8 Å². The Hall–Kier alpha value is -1.36. The lowest BCUT2D eigenvalue weighted by Gasteiger charge is -2.21. The van der Waals surface area contributed by atoms with Gasteiger partial charge in [-0.3, -0.25) is 0 Å². The molecule has 82 valence electrons. The first kappa shape index (κ1) is 10.2. The Kier molecular flexibility index (Phi) is 2.73. The lowest BCUT2D eigenvalue weighted by atomic mass is 10.2. The number of nitrogens with zero attached hydrogens (tertiary/aromatic N) is 2. The Labute approximate surface area is 88.5 Å². The summed E-state index contributed by atoms with van der Waals surface area (Å²) in [7, 11) is 0. The van der Waals surface area contributed by atoms with E-state index in [1.807, 2.05) is 0 Å². The summed E-state index contributed by atoms with van der Waals surface area (Å²) in [6.45, 7) is 7.42. The number of aromatic amines is 1. The second kappa shape index (κ2) is 4.02. The SMILES string of the molecule is CCN(CC)c1nc(=O)[nH]c2c1CNC2. The molecule has 0 aromatic carbocycles. The van der Waals surface area contributed by atoms with Crippen LogP contribution in [-0.4, -0.2) is 23.1 Å². The first-order valence-electron chi connectivity index (χ1n) is 5.34. The van der Waals surface area contributed by atoms with Crippen molar-refractivity contribution < 1.29 is 0 Å². The third-order valence-electron chi connectivity index (χ3n) is 2.77. The quantitative estimate of drug-likeness (QED) is 0.746. The molecule has 0 unspecified atom stereocenters. The van der Waals surface area contributed by atoms with Crippen LogP contribution in [0.25, 0.3) is 0 Å². The molecule has 2 heterocycles. The van der Waals surface area contributed by atoms with Gasteiger partial charge in [0.1, 0.15) is 5.82 Å². The molecule has 0 saturated heterocycles. The third-order valence-corrected chi connectivity index (χ3v) is 2.77. The maximum Gasteiger partial charge on any atom is 0.347 e. The van der Waals surface area contributed by atoms with Gasteiger partial charge in [-0.25, -0.2) is 4.79 Å². The fourth-order valence-corrected chi connectivity index (χ4v) is 1.96. The van der Waals surface area contributed by atoms with Gasteiger partial charge in [0.25, 0.3) is 0 Å². The maximum atomic E-state index is 11.4. The highest BCUT2D eigenvalue weighted by molar-refractivity contribution is 5.49. The van der Waals surface area contributed by atoms with Crippen LogP contribution in [0.3, 0.4) is 0 Å². The van der Waals surface area contributed by atoms with Crippen LogP contribution in [0, 0.1) is 0 Å². The molecule has 0 amide bonds. The van der Waals surface area contributed by atoms with E-state index in [2.05, 4.69) is 34.0 Å². The number of anilines is 1. The average Bonchev–Trinajstić information content (AvgIpc) is 2.67. The van der Waals surface area contributed by atoms with E-state index in [1.165, 1.54) is 0 Å². The van der Waals surface area contributed by atoms with Gasteiger partial charge in [0, 0.05) is 37.4 Å². The van der Waals surface area contributed by atoms with Crippen LogP contribution < -0.4 is 15.9 Å². The van der Waals surface area contributed by atoms with Gasteiger partial charge >= 0.3 is 5.69 Å². The Morgan fingerprint density at radius 3 is 2.73 bits per heavy atom. The average molecular weight is 208 g/mol. The van der Waals surface area contributed by atoms with Gasteiger partial charge in [-0.1, -0.05) is 0 Å². The number of rotatable bonds is 3. The summed E-state index contributed by atoms with van der Waals surface area (Å²) in [4.78, 5) is 20.3. The molecular weight excluding hydrogens is 192 g/mol. The normalized spacial score (nSPS) is 14.0. The number of fused-ring (bicyclic) bond motifs is 1. The predicted molar refractivity (Wildman–Crippen MR) is 59.0 cm³/mol. The van der Waals surface area contributed by atoms with Crippen LogP contribution in [0.2, 0.25) is 0 Å². The molecule has 5 heteroatoms. The van der Waals surface area contributed by atoms with E-state index in [0.29, 0.717) is 0 Å². The Morgan fingerprint density at radius 2 is 2.07 bits per heavy atom. The van der Waals surface area contributed by atoms with Gasteiger partial charge in [0.05, 0.1) is 0 Å². The van der Waals surface area contributed by atoms with Gasteiger partial charge in [0.2, 0.25) is 0 Å². The minimum absolute atomic E-state index is 0.251. The highest BCUT2D eigenvalue weighted by atomic mass is 16.1. The summed E-state index contributed by atoms with van der Waals surface area (Å²) in [5, 5.41) is 3.22. The molecule has 0 radical (unpaired) electrons. The molecule has 0 fully saturated rings. The zero-order chi connectivity index (χ0) is 10.8. The fourth-order valence-electron chi connectivity index (χ4n) is 1.96. The van der Waals surface area contributed by atoms with Gasteiger partial charge < -0.3 is 15.2 Å². The topological polar surface area (TPSA) is 61.0 Å². The smallest absolute Gasteiger partial charge is 0.347 e. The largest absolute Gasteiger partial charge is 0.357 e. The van der Waals surface area contributed by atoms with Crippen LogP contribution in [0.15, 0.2) is 4.79 Å². The zero-order valence-corrected chi connectivity index (χ0v) is 9.13. The summed E-state index contributed by atoms with van der Waals surface area (Å²) >= 11 is 0. The Morgan fingerprint density at radius 1 is 1.33 bits per heavy atom. The Bertz CT molecular complexity index is 408. The molecule has 0 bridgehead atoms. The summed E-state index contributed by atoms with van der Waals surface area (Å²) in [5.41, 5.74) is 1.87. The van der Waals surface area contributed by atoms with E-state index in [0.717, 1.165) is 43.3 Å². The van der Waals surface area contributed by atoms with E-state index >= 15 is 0 Å². The molecule has 1 aromatic heterocycles. The third kappa shape index (κ3) is 1.74. The van der Waals surface area contributed by atoms with E-state index in [9.17, 15) is 4.79 Å². The number of aromatic nitrogens is 2. The van der Waals surface area contributed by atoms with Crippen molar-refractivity contribution in [3.63, 3.8) is 0 Å². The number of hydrogen-bond acceptors (Lipinski definition) is 4. The number of nitrogens with one attached hydrogen (secondary N) is 2. The molecule has 0 saturated carbocycles. The number of H-pyrrole nitrogens is 1. The summed E-state index contributed by atoms with van der Waals surface area (Å²) in [6.07, 6.45) is 0. The molecule has 15 heavy (non-hydrogen) atoms. The van der Waals surface area contributed by atoms with Crippen LogP contribution in [-0.2, 0) is 13.1 Å². The van der Waals surface area contributed by atoms with E-state index in [-0.39, 0.29) is 5.69 Å². The zero-order valence-electron chi connectivity index (χ0n) is 9.13. The second-order valence-corrected chi connectivity index (χ2v) is 3.60. The lowest BCUT2D eigenvalue weighted by molar-refractivity contribution is 0.754. The first-order valence-corrected chi connectivity index (χ1v) is 5.34. The van der Waals surface area contributed by atoms with Crippen LogP contribution in [0.4, 0.5) is 5.82 Å². The maximum absolute atomic E-state index is 11.4. The molecule has 0 aliphatic carbocycles. The summed E-state index contributed by atoms with van der Waals surface area (Å²) in [6, 6.07) is 0. The number of hydrogen-bond donors (Lipinski definition) is 2. The van der Waals surface area contributed by atoms with Gasteiger partial charge in [-0.2, -0.15) is 4.98 Å². The van der Waals surface area contributed by atoms with Crippen molar-refractivity contribution >= 4 is 5.82 Å². The van der Waals surface area contributed by atoms with Crippen molar-refractivity contribution in [2.75, 3.05) is 18.0 Å². The molecule has 5 nitrogen and oxygen atoms in total. The standard InChI is InChI=1S/C10H16N4O/c1-3-14(4-2)9-7-5-11-6-8(7)12-10(15)13-9/h11H,3-6H2,1-2H3,(H,12,13,15). The van der Waals surface area contributed by atoms with E-state index < -0.39 is 0 Å². The Balaban J connectivity index is 2.50. The highest BCUT2D eigenvalue weighted by Gasteiger charge is 2.19. The van der Waals surface area contributed by atoms with Crippen molar-refractivity contribution in [3.8, 4) is 0 Å². The molecule has 0 atom stereocenters. The summed E-state index contributed by atoms with van der Waals surface area (Å²) in [5.74, 6) is 0.837. The van der Waals surface area contributed by atoms with Crippen molar-refractivity contribution in [2.24, 2.45) is 0 Å². The van der Waals surface area contributed by atoms with E-state index in [1.54, 1.807) is 0 Å². The molecule has 2 N–H and O–H groups in total. The molecular formula is C10H16N4O. The highest BCUT2D eigenvalue weighted by Crippen LogP contribution is 2.21. The first-order chi connectivity index (χ1) is 7.26. The van der Waals surface area contributed by atoms with Gasteiger partial charge in [0.15, 0.2) is 0 Å². The molecule has 1 aromatic rings. The van der Waals surface area contributed by atoms with Crippen LogP contribution in [0.1, 0.15) is 25.1 Å². The molecule has 2 rings (SSSR count). The monoisotopic (exact) mass is 208 g/mol. The minimum Gasteiger partial charge on any atom is -0.357 e.